The maximum Gasteiger partial charge on any atom is 0.255 e. The Balaban J connectivity index is 1.43. The van der Waals surface area contributed by atoms with Gasteiger partial charge in [-0.1, -0.05) is 41.6 Å². The Hall–Kier alpha value is -4.08. The lowest BCUT2D eigenvalue weighted by Gasteiger charge is -2.36. The standard InChI is InChI=1S/C29H26ClN5O3S/c1-18-26(28(37)34-22-8-10-24(38-2)11-9-22)27(20-6-3-7-21(30)13-20)35-23(17-39-29(35)33-18)14-25(36)32-16-19-5-4-12-31-15-19/h3-13,15,17,27H,14,16H2,1-2H3,(H,32,36)(H,34,37). The van der Waals surface area contributed by atoms with Crippen LogP contribution in [0.2, 0.25) is 5.02 Å². The van der Waals surface area contributed by atoms with Crippen molar-refractivity contribution in [2.75, 3.05) is 12.4 Å². The third kappa shape index (κ3) is 6.00. The zero-order valence-electron chi connectivity index (χ0n) is 21.3. The fourth-order valence-corrected chi connectivity index (χ4v) is 5.62. The minimum Gasteiger partial charge on any atom is -0.497 e. The topological polar surface area (TPSA) is 95.9 Å². The smallest absolute Gasteiger partial charge is 0.255 e. The summed E-state index contributed by atoms with van der Waals surface area (Å²) in [6.45, 7) is 2.20. The van der Waals surface area contributed by atoms with Crippen LogP contribution in [0.4, 0.5) is 5.69 Å². The van der Waals surface area contributed by atoms with E-state index in [0.717, 1.165) is 16.8 Å². The van der Waals surface area contributed by atoms with E-state index < -0.39 is 6.04 Å². The number of thioether (sulfide) groups is 1. The van der Waals surface area contributed by atoms with Crippen LogP contribution in [0, 0.1) is 0 Å². The molecule has 1 atom stereocenters. The molecule has 0 fully saturated rings. The van der Waals surface area contributed by atoms with E-state index in [1.807, 2.05) is 47.6 Å². The number of carbonyl (C=O) groups excluding carboxylic acids is 2. The molecular weight excluding hydrogens is 534 g/mol. The number of rotatable bonds is 8. The number of aliphatic imine (C=N–C) groups is 1. The second-order valence-electron chi connectivity index (χ2n) is 8.95. The van der Waals surface area contributed by atoms with Gasteiger partial charge < -0.3 is 20.3 Å². The highest BCUT2D eigenvalue weighted by Gasteiger charge is 2.40. The number of carbonyl (C=O) groups is 2. The molecule has 3 aromatic rings. The summed E-state index contributed by atoms with van der Waals surface area (Å²) in [5.74, 6) is 0.257. The summed E-state index contributed by atoms with van der Waals surface area (Å²) in [6, 6.07) is 17.7. The van der Waals surface area contributed by atoms with Crippen molar-refractivity contribution >= 4 is 46.0 Å². The number of pyridine rings is 1. The summed E-state index contributed by atoms with van der Waals surface area (Å²) in [5.41, 5.74) is 4.17. The minimum atomic E-state index is -0.526. The van der Waals surface area contributed by atoms with Crippen LogP contribution >= 0.6 is 23.4 Å². The summed E-state index contributed by atoms with van der Waals surface area (Å²) >= 11 is 7.81. The number of nitrogens with one attached hydrogen (secondary N) is 2. The van der Waals surface area contributed by atoms with Crippen LogP contribution in [0.25, 0.3) is 0 Å². The molecule has 198 valence electrons. The van der Waals surface area contributed by atoms with E-state index in [-0.39, 0.29) is 18.2 Å². The van der Waals surface area contributed by atoms with E-state index in [1.54, 1.807) is 49.8 Å². The van der Waals surface area contributed by atoms with E-state index in [1.165, 1.54) is 11.8 Å². The molecule has 39 heavy (non-hydrogen) atoms. The van der Waals surface area contributed by atoms with Crippen LogP contribution in [-0.4, -0.2) is 34.0 Å². The number of amides is 2. The SMILES string of the molecule is COc1ccc(NC(=O)C2=C(C)N=C3SC=C(CC(=O)NCc4cccnc4)N3C2c2cccc(Cl)c2)cc1. The number of benzene rings is 2. The summed E-state index contributed by atoms with van der Waals surface area (Å²) in [5, 5.41) is 9.11. The molecule has 10 heteroatoms. The average molecular weight is 560 g/mol. The number of amidine groups is 1. The monoisotopic (exact) mass is 559 g/mol. The number of allylic oxidation sites excluding steroid dienone is 1. The maximum absolute atomic E-state index is 13.7. The molecule has 2 amide bonds. The molecule has 2 aromatic carbocycles. The Kier molecular flexibility index (Phi) is 7.99. The zero-order chi connectivity index (χ0) is 27.4. The molecule has 0 radical (unpaired) electrons. The number of hydrogen-bond acceptors (Lipinski definition) is 7. The molecule has 0 aliphatic carbocycles. The fourth-order valence-electron chi connectivity index (χ4n) is 4.46. The second-order valence-corrected chi connectivity index (χ2v) is 10.2. The highest BCUT2D eigenvalue weighted by Crippen LogP contribution is 2.45. The van der Waals surface area contributed by atoms with Gasteiger partial charge in [0.05, 0.1) is 30.8 Å². The first-order valence-electron chi connectivity index (χ1n) is 12.2. The first kappa shape index (κ1) is 26.5. The molecule has 1 aromatic heterocycles. The number of anilines is 1. The van der Waals surface area contributed by atoms with E-state index in [2.05, 4.69) is 15.6 Å². The summed E-state index contributed by atoms with van der Waals surface area (Å²) in [4.78, 5) is 37.5. The number of hydrogen-bond donors (Lipinski definition) is 2. The van der Waals surface area contributed by atoms with Gasteiger partial charge >= 0.3 is 0 Å². The van der Waals surface area contributed by atoms with Gasteiger partial charge in [-0.25, -0.2) is 4.99 Å². The van der Waals surface area contributed by atoms with Crippen LogP contribution in [0.3, 0.4) is 0 Å². The lowest BCUT2D eigenvalue weighted by atomic mass is 9.93. The molecule has 2 aliphatic heterocycles. The highest BCUT2D eigenvalue weighted by molar-refractivity contribution is 8.16. The van der Waals surface area contributed by atoms with Crippen LogP contribution in [0.1, 0.15) is 30.5 Å². The summed E-state index contributed by atoms with van der Waals surface area (Å²) < 4.78 is 5.22. The lowest BCUT2D eigenvalue weighted by molar-refractivity contribution is -0.120. The number of nitrogens with zero attached hydrogens (tertiary/aromatic N) is 3. The van der Waals surface area contributed by atoms with Gasteiger partial charge in [0.2, 0.25) is 5.91 Å². The predicted molar refractivity (Wildman–Crippen MR) is 154 cm³/mol. The van der Waals surface area contributed by atoms with Crippen molar-refractivity contribution in [1.82, 2.24) is 15.2 Å². The molecule has 8 nitrogen and oxygen atoms in total. The Morgan fingerprint density at radius 3 is 2.67 bits per heavy atom. The van der Waals surface area contributed by atoms with Crippen molar-refractivity contribution in [2.24, 2.45) is 4.99 Å². The molecule has 1 unspecified atom stereocenters. The third-order valence-electron chi connectivity index (χ3n) is 6.31. The zero-order valence-corrected chi connectivity index (χ0v) is 22.9. The van der Waals surface area contributed by atoms with Crippen LogP contribution < -0.4 is 15.4 Å². The minimum absolute atomic E-state index is 0.121. The number of halogens is 1. The molecule has 2 N–H and O–H groups in total. The average Bonchev–Trinajstić information content (AvgIpc) is 3.33. The quantitative estimate of drug-likeness (QED) is 0.369. The first-order chi connectivity index (χ1) is 18.9. The molecule has 5 rings (SSSR count). The van der Waals surface area contributed by atoms with Crippen LogP contribution in [0.5, 0.6) is 5.75 Å². The maximum atomic E-state index is 13.7. The Morgan fingerprint density at radius 2 is 1.95 bits per heavy atom. The first-order valence-corrected chi connectivity index (χ1v) is 13.5. The fraction of sp³-hybridized carbons (Fsp3) is 0.172. The van der Waals surface area contributed by atoms with Crippen LogP contribution in [0.15, 0.2) is 100 Å². The number of fused-ring (bicyclic) bond motifs is 1. The molecule has 3 heterocycles. The third-order valence-corrected chi connectivity index (χ3v) is 7.44. The van der Waals surface area contributed by atoms with Crippen molar-refractivity contribution in [1.29, 1.82) is 0 Å². The Morgan fingerprint density at radius 1 is 1.13 bits per heavy atom. The normalized spacial score (nSPS) is 16.3. The van der Waals surface area contributed by atoms with Crippen molar-refractivity contribution in [2.45, 2.75) is 25.9 Å². The van der Waals surface area contributed by atoms with E-state index >= 15 is 0 Å². The van der Waals surface area contributed by atoms with Crippen molar-refractivity contribution < 1.29 is 14.3 Å². The van der Waals surface area contributed by atoms with Gasteiger partial charge in [0.25, 0.3) is 5.91 Å². The summed E-state index contributed by atoms with van der Waals surface area (Å²) in [7, 11) is 1.59. The van der Waals surface area contributed by atoms with Gasteiger partial charge in [-0.2, -0.15) is 0 Å². The molecule has 0 bridgehead atoms. The van der Waals surface area contributed by atoms with Crippen molar-refractivity contribution in [3.63, 3.8) is 0 Å². The number of aromatic nitrogens is 1. The summed E-state index contributed by atoms with van der Waals surface area (Å²) in [6.07, 6.45) is 3.53. The molecule has 0 saturated carbocycles. The number of ether oxygens (including phenoxy) is 1. The lowest BCUT2D eigenvalue weighted by Crippen LogP contribution is -2.38. The molecule has 0 saturated heterocycles. The molecule has 0 spiro atoms. The largest absolute Gasteiger partial charge is 0.497 e. The van der Waals surface area contributed by atoms with Gasteiger partial charge in [0, 0.05) is 35.3 Å². The van der Waals surface area contributed by atoms with Crippen LogP contribution in [-0.2, 0) is 16.1 Å². The van der Waals surface area contributed by atoms with Crippen molar-refractivity contribution in [3.05, 3.63) is 112 Å². The van der Waals surface area contributed by atoms with Gasteiger partial charge in [0.1, 0.15) is 5.75 Å². The van der Waals surface area contributed by atoms with E-state index in [4.69, 9.17) is 21.3 Å². The molecule has 2 aliphatic rings. The van der Waals surface area contributed by atoms with Gasteiger partial charge in [-0.05, 0) is 65.9 Å². The Bertz CT molecular complexity index is 1490. The van der Waals surface area contributed by atoms with Gasteiger partial charge in [0.15, 0.2) is 5.17 Å². The Labute approximate surface area is 235 Å². The number of methoxy groups -OCH3 is 1. The second kappa shape index (κ2) is 11.8. The van der Waals surface area contributed by atoms with Gasteiger partial charge in [-0.15, -0.1) is 0 Å². The predicted octanol–water partition coefficient (Wildman–Crippen LogP) is 5.66. The van der Waals surface area contributed by atoms with E-state index in [9.17, 15) is 9.59 Å². The van der Waals surface area contributed by atoms with Gasteiger partial charge in [-0.3, -0.25) is 14.6 Å². The molecular formula is C29H26ClN5O3S. The highest BCUT2D eigenvalue weighted by atomic mass is 35.5. The van der Waals surface area contributed by atoms with Crippen molar-refractivity contribution in [3.8, 4) is 5.75 Å². The van der Waals surface area contributed by atoms with E-state index in [0.29, 0.717) is 39.4 Å².